The van der Waals surface area contributed by atoms with Crippen LogP contribution in [0, 0.1) is 21.4 Å². The van der Waals surface area contributed by atoms with Crippen molar-refractivity contribution in [1.82, 2.24) is 4.57 Å². The molecule has 0 aliphatic heterocycles. The Kier molecular flexibility index (Phi) is 4.58. The zero-order valence-corrected chi connectivity index (χ0v) is 12.4. The first-order valence-electron chi connectivity index (χ1n) is 6.93. The van der Waals surface area contributed by atoms with Crippen LogP contribution in [-0.4, -0.2) is 22.1 Å². The number of nitriles is 1. The highest BCUT2D eigenvalue weighted by Crippen LogP contribution is 2.19. The van der Waals surface area contributed by atoms with Crippen molar-refractivity contribution >= 4 is 16.8 Å². The summed E-state index contributed by atoms with van der Waals surface area (Å²) in [5.41, 5.74) is 0.597. The van der Waals surface area contributed by atoms with E-state index in [0.717, 1.165) is 4.90 Å². The minimum Gasteiger partial charge on any atom is -0.407 e. The molecule has 0 aliphatic carbocycles. The van der Waals surface area contributed by atoms with E-state index in [4.69, 9.17) is 9.68 Å². The fourth-order valence-corrected chi connectivity index (χ4v) is 2.29. The van der Waals surface area contributed by atoms with Gasteiger partial charge in [-0.25, -0.2) is 9.36 Å². The fraction of sp³-hybridized carbons (Fsp3) is 0.429. The van der Waals surface area contributed by atoms with Crippen LogP contribution < -0.4 is 10.7 Å². The van der Waals surface area contributed by atoms with Crippen molar-refractivity contribution in [2.24, 2.45) is 0 Å². The second-order valence-electron chi connectivity index (χ2n) is 5.33. The molecule has 0 saturated carbocycles. The van der Waals surface area contributed by atoms with Gasteiger partial charge in [0, 0.05) is 6.07 Å². The van der Waals surface area contributed by atoms with Crippen molar-refractivity contribution in [3.05, 3.63) is 38.9 Å². The van der Waals surface area contributed by atoms with Gasteiger partial charge in [-0.3, -0.25) is 10.1 Å². The van der Waals surface area contributed by atoms with Gasteiger partial charge in [0.15, 0.2) is 12.3 Å². The molecule has 2 rings (SSSR count). The molecule has 0 amide bonds. The zero-order chi connectivity index (χ0) is 16.3. The van der Waals surface area contributed by atoms with Gasteiger partial charge in [0.2, 0.25) is 0 Å². The lowest BCUT2D eigenvalue weighted by Gasteiger charge is -2.22. The second-order valence-corrected chi connectivity index (χ2v) is 5.33. The molecule has 8 nitrogen and oxygen atoms in total. The number of rotatable bonds is 6. The quantitative estimate of drug-likeness (QED) is 0.623. The zero-order valence-electron chi connectivity index (χ0n) is 12.4. The summed E-state index contributed by atoms with van der Waals surface area (Å²) in [5, 5.41) is 19.5. The second kappa shape index (κ2) is 6.41. The number of aromatic nitrogens is 1. The van der Waals surface area contributed by atoms with Crippen molar-refractivity contribution in [3.8, 4) is 6.07 Å². The number of benzene rings is 1. The molecular weight excluding hydrogens is 288 g/mol. The Morgan fingerprint density at radius 3 is 2.82 bits per heavy atom. The molecule has 0 spiro atoms. The Hall–Kier alpha value is -2.66. The molecule has 116 valence electrons. The molecular formula is C14H17N4O4+. The first-order valence-corrected chi connectivity index (χ1v) is 6.93. The van der Waals surface area contributed by atoms with Crippen molar-refractivity contribution in [1.29, 1.82) is 5.26 Å². The highest BCUT2D eigenvalue weighted by Gasteiger charge is 2.19. The summed E-state index contributed by atoms with van der Waals surface area (Å²) in [6.07, 6.45) is 0.392. The number of nitrogens with zero attached hydrogens (tertiary/aromatic N) is 3. The number of hydrogen-bond donors (Lipinski definition) is 1. The number of nitro benzene ring substituents is 1. The number of nitro groups is 1. The van der Waals surface area contributed by atoms with Crippen LogP contribution in [0.25, 0.3) is 11.1 Å². The van der Waals surface area contributed by atoms with Gasteiger partial charge in [-0.05, 0) is 19.9 Å². The maximum absolute atomic E-state index is 12.0. The topological polar surface area (TPSA) is 107 Å². The molecule has 0 radical (unpaired) electrons. The average molecular weight is 305 g/mol. The third kappa shape index (κ3) is 3.15. The largest absolute Gasteiger partial charge is 0.424 e. The smallest absolute Gasteiger partial charge is 0.407 e. The summed E-state index contributed by atoms with van der Waals surface area (Å²) in [4.78, 5) is 23.3. The first-order chi connectivity index (χ1) is 10.4. The summed E-state index contributed by atoms with van der Waals surface area (Å²) in [5.74, 6) is -0.550. The molecule has 0 bridgehead atoms. The molecule has 0 fully saturated rings. The van der Waals surface area contributed by atoms with Gasteiger partial charge in [0.1, 0.15) is 0 Å². The van der Waals surface area contributed by atoms with E-state index in [1.165, 1.54) is 22.8 Å². The molecule has 1 aromatic heterocycles. The third-order valence-corrected chi connectivity index (χ3v) is 3.60. The summed E-state index contributed by atoms with van der Waals surface area (Å²) in [6.45, 7) is 4.97. The molecule has 22 heavy (non-hydrogen) atoms. The molecule has 1 aromatic carbocycles. The van der Waals surface area contributed by atoms with Crippen LogP contribution >= 0.6 is 0 Å². The van der Waals surface area contributed by atoms with Gasteiger partial charge in [0.25, 0.3) is 5.69 Å². The number of non-ortho nitro benzene ring substituents is 1. The number of fused-ring (bicyclic) bond motifs is 1. The van der Waals surface area contributed by atoms with Crippen LogP contribution in [0.3, 0.4) is 0 Å². The number of quaternary nitrogens is 1. The molecule has 1 atom stereocenters. The lowest BCUT2D eigenvalue weighted by Crippen LogP contribution is -3.14. The lowest BCUT2D eigenvalue weighted by molar-refractivity contribution is -0.943. The first kappa shape index (κ1) is 15.7. The molecule has 1 N–H and O–H groups in total. The van der Waals surface area contributed by atoms with Crippen LogP contribution in [-0.2, 0) is 6.67 Å². The molecule has 2 aromatic rings. The third-order valence-electron chi connectivity index (χ3n) is 3.60. The molecule has 0 aliphatic rings. The van der Waals surface area contributed by atoms with E-state index in [-0.39, 0.29) is 17.3 Å². The van der Waals surface area contributed by atoms with Crippen molar-refractivity contribution in [2.75, 3.05) is 6.54 Å². The van der Waals surface area contributed by atoms with Gasteiger partial charge >= 0.3 is 5.76 Å². The maximum atomic E-state index is 12.0. The Bertz CT molecular complexity index is 784. The van der Waals surface area contributed by atoms with Gasteiger partial charge < -0.3 is 9.32 Å². The summed E-state index contributed by atoms with van der Waals surface area (Å²) in [6, 6.07) is 6.43. The van der Waals surface area contributed by atoms with Crippen LogP contribution in [0.2, 0.25) is 0 Å². The van der Waals surface area contributed by atoms with E-state index in [1.54, 1.807) is 0 Å². The van der Waals surface area contributed by atoms with Crippen LogP contribution in [0.4, 0.5) is 5.69 Å². The standard InChI is InChI=1S/C14H16N4O4/c1-10(2)16(7-3-6-15)9-17-12-5-4-11(18(20)21)8-13(12)22-14(17)19/h4-5,8,10H,3,7,9H2,1-2H3/p+1. The molecule has 8 heteroatoms. The predicted molar refractivity (Wildman–Crippen MR) is 78.3 cm³/mol. The Morgan fingerprint density at radius 2 is 2.23 bits per heavy atom. The Labute approximate surface area is 126 Å². The van der Waals surface area contributed by atoms with Crippen molar-refractivity contribution < 1.29 is 14.2 Å². The highest BCUT2D eigenvalue weighted by atomic mass is 16.6. The maximum Gasteiger partial charge on any atom is 0.424 e. The highest BCUT2D eigenvalue weighted by molar-refractivity contribution is 5.75. The Balaban J connectivity index is 2.38. The van der Waals surface area contributed by atoms with Crippen LogP contribution in [0.5, 0.6) is 0 Å². The van der Waals surface area contributed by atoms with Gasteiger partial charge in [-0.15, -0.1) is 0 Å². The van der Waals surface area contributed by atoms with E-state index >= 15 is 0 Å². The van der Waals surface area contributed by atoms with Crippen molar-refractivity contribution in [3.63, 3.8) is 0 Å². The van der Waals surface area contributed by atoms with E-state index in [0.29, 0.717) is 25.2 Å². The monoisotopic (exact) mass is 305 g/mol. The minimum atomic E-state index is -0.550. The molecule has 0 saturated heterocycles. The van der Waals surface area contributed by atoms with Crippen molar-refractivity contribution in [2.45, 2.75) is 33.0 Å². The predicted octanol–water partition coefficient (Wildman–Crippen LogP) is 0.667. The number of nitrogens with one attached hydrogen (secondary N) is 1. The summed E-state index contributed by atoms with van der Waals surface area (Å²) in [7, 11) is 0. The van der Waals surface area contributed by atoms with E-state index < -0.39 is 10.7 Å². The minimum absolute atomic E-state index is 0.119. The Morgan fingerprint density at radius 1 is 1.50 bits per heavy atom. The molecule has 1 heterocycles. The summed E-state index contributed by atoms with van der Waals surface area (Å²) >= 11 is 0. The lowest BCUT2D eigenvalue weighted by atomic mass is 10.3. The van der Waals surface area contributed by atoms with E-state index in [1.807, 2.05) is 13.8 Å². The molecule has 1 unspecified atom stereocenters. The summed E-state index contributed by atoms with van der Waals surface area (Å²) < 4.78 is 6.55. The fourth-order valence-electron chi connectivity index (χ4n) is 2.29. The van der Waals surface area contributed by atoms with E-state index in [9.17, 15) is 14.9 Å². The van der Waals surface area contributed by atoms with Gasteiger partial charge in [0.05, 0.1) is 41.6 Å². The van der Waals surface area contributed by atoms with E-state index in [2.05, 4.69) is 6.07 Å². The van der Waals surface area contributed by atoms with Gasteiger partial charge in [-0.2, -0.15) is 5.26 Å². The van der Waals surface area contributed by atoms with Crippen LogP contribution in [0.1, 0.15) is 20.3 Å². The number of oxazole rings is 1. The number of hydrogen-bond acceptors (Lipinski definition) is 5. The SMILES string of the molecule is CC(C)[NH+](CCC#N)Cn1c(=O)oc2cc([N+](=O)[O-])ccc21. The normalized spacial score (nSPS) is 12.5. The average Bonchev–Trinajstić information content (AvgIpc) is 2.77. The van der Waals surface area contributed by atoms with Gasteiger partial charge in [-0.1, -0.05) is 0 Å². The van der Waals surface area contributed by atoms with Crippen LogP contribution in [0.15, 0.2) is 27.4 Å².